The van der Waals surface area contributed by atoms with Crippen molar-refractivity contribution in [1.29, 1.82) is 0 Å². The average molecular weight is 220 g/mol. The molecule has 1 N–H and O–H groups in total. The van der Waals surface area contributed by atoms with Crippen molar-refractivity contribution in [3.63, 3.8) is 0 Å². The molecule has 6 heteroatoms. The van der Waals surface area contributed by atoms with E-state index in [1.165, 1.54) is 30.0 Å². The van der Waals surface area contributed by atoms with E-state index in [1.807, 2.05) is 0 Å². The van der Waals surface area contributed by atoms with Crippen LogP contribution in [0.25, 0.3) is 11.9 Å². The zero-order chi connectivity index (χ0) is 11.7. The van der Waals surface area contributed by atoms with Crippen molar-refractivity contribution in [3.05, 3.63) is 39.6 Å². The van der Waals surface area contributed by atoms with Crippen molar-refractivity contribution in [2.75, 3.05) is 7.11 Å². The minimum Gasteiger partial charge on any atom is -0.515 e. The number of hydrogen-bond donors (Lipinski definition) is 1. The van der Waals surface area contributed by atoms with Crippen LogP contribution in [0.4, 0.5) is 0 Å². The van der Waals surface area contributed by atoms with Crippen molar-refractivity contribution >= 4 is 17.9 Å². The molecule has 2 heterocycles. The van der Waals surface area contributed by atoms with E-state index in [9.17, 15) is 9.59 Å². The predicted molar refractivity (Wildman–Crippen MR) is 55.1 cm³/mol. The maximum Gasteiger partial charge on any atom is 0.355 e. The Labute approximate surface area is 89.4 Å². The SMILES string of the molecule is COC(=O)c1c/c(=C\O)c(=O)c2nccn12. The summed E-state index contributed by atoms with van der Waals surface area (Å²) >= 11 is 0. The van der Waals surface area contributed by atoms with Gasteiger partial charge in [-0.05, 0) is 6.07 Å². The molecule has 0 fully saturated rings. The van der Waals surface area contributed by atoms with E-state index in [4.69, 9.17) is 5.11 Å². The number of carbonyl (C=O) groups excluding carboxylic acids is 1. The summed E-state index contributed by atoms with van der Waals surface area (Å²) in [5.41, 5.74) is -0.238. The highest BCUT2D eigenvalue weighted by atomic mass is 16.5. The van der Waals surface area contributed by atoms with Crippen molar-refractivity contribution in [3.8, 4) is 0 Å². The Morgan fingerprint density at radius 2 is 2.38 bits per heavy atom. The lowest BCUT2D eigenvalue weighted by molar-refractivity contribution is 0.0592. The van der Waals surface area contributed by atoms with Crippen molar-refractivity contribution in [2.45, 2.75) is 0 Å². The van der Waals surface area contributed by atoms with E-state index in [0.29, 0.717) is 6.26 Å². The fourth-order valence-corrected chi connectivity index (χ4v) is 1.44. The molecule has 16 heavy (non-hydrogen) atoms. The number of ether oxygens (including phenoxy) is 1. The molecule has 0 bridgehead atoms. The van der Waals surface area contributed by atoms with Gasteiger partial charge in [-0.3, -0.25) is 9.20 Å². The number of aliphatic hydroxyl groups excluding tert-OH is 1. The molecule has 2 aromatic heterocycles. The highest BCUT2D eigenvalue weighted by Crippen LogP contribution is 2.00. The molecular formula is C10H8N2O4. The minimum absolute atomic E-state index is 0.000833. The molecule has 0 amide bonds. The summed E-state index contributed by atoms with van der Waals surface area (Å²) in [6.45, 7) is 0. The van der Waals surface area contributed by atoms with E-state index >= 15 is 0 Å². The zero-order valence-electron chi connectivity index (χ0n) is 8.38. The molecule has 6 nitrogen and oxygen atoms in total. The van der Waals surface area contributed by atoms with Gasteiger partial charge >= 0.3 is 5.97 Å². The summed E-state index contributed by atoms with van der Waals surface area (Å²) < 4.78 is 5.89. The first-order valence-electron chi connectivity index (χ1n) is 4.42. The molecule has 0 unspecified atom stereocenters. The van der Waals surface area contributed by atoms with Gasteiger partial charge < -0.3 is 9.84 Å². The second-order valence-corrected chi connectivity index (χ2v) is 3.06. The predicted octanol–water partition coefficient (Wildman–Crippen LogP) is -0.504. The third kappa shape index (κ3) is 1.31. The highest BCUT2D eigenvalue weighted by molar-refractivity contribution is 5.88. The Morgan fingerprint density at radius 1 is 1.62 bits per heavy atom. The largest absolute Gasteiger partial charge is 0.515 e. The molecule has 0 aliphatic carbocycles. The van der Waals surface area contributed by atoms with Gasteiger partial charge in [-0.2, -0.15) is 0 Å². The average Bonchev–Trinajstić information content (AvgIpc) is 2.78. The summed E-state index contributed by atoms with van der Waals surface area (Å²) in [5, 5.41) is 8.88. The summed E-state index contributed by atoms with van der Waals surface area (Å²) in [7, 11) is 1.23. The lowest BCUT2D eigenvalue weighted by Crippen LogP contribution is -2.29. The summed E-state index contributed by atoms with van der Waals surface area (Å²) in [5.74, 6) is -0.605. The number of hydrogen-bond acceptors (Lipinski definition) is 5. The van der Waals surface area contributed by atoms with Crippen LogP contribution in [0.2, 0.25) is 0 Å². The highest BCUT2D eigenvalue weighted by Gasteiger charge is 2.13. The van der Waals surface area contributed by atoms with E-state index < -0.39 is 11.4 Å². The van der Waals surface area contributed by atoms with Crippen LogP contribution in [0.1, 0.15) is 10.5 Å². The number of fused-ring (bicyclic) bond motifs is 1. The Balaban J connectivity index is 2.95. The number of esters is 1. The number of methoxy groups -OCH3 is 1. The molecule has 82 valence electrons. The van der Waals surface area contributed by atoms with Crippen LogP contribution in [0.15, 0.2) is 23.3 Å². The topological polar surface area (TPSA) is 80.9 Å². The van der Waals surface area contributed by atoms with Gasteiger partial charge in [0.05, 0.1) is 18.6 Å². The van der Waals surface area contributed by atoms with Gasteiger partial charge in [-0.15, -0.1) is 0 Å². The number of carbonyl (C=O) groups is 1. The molecule has 0 spiro atoms. The molecule has 0 aliphatic heterocycles. The third-order valence-electron chi connectivity index (χ3n) is 2.19. The summed E-state index contributed by atoms with van der Waals surface area (Å²) in [6, 6.07) is 1.25. The van der Waals surface area contributed by atoms with Crippen LogP contribution in [0.3, 0.4) is 0 Å². The summed E-state index contributed by atoms with van der Waals surface area (Å²) in [6.07, 6.45) is 3.51. The Morgan fingerprint density at radius 3 is 3.00 bits per heavy atom. The van der Waals surface area contributed by atoms with Gasteiger partial charge in [-0.1, -0.05) is 0 Å². The fraction of sp³-hybridized carbons (Fsp3) is 0.100. The van der Waals surface area contributed by atoms with Gasteiger partial charge in [0.25, 0.3) is 0 Å². The molecule has 0 atom stereocenters. The van der Waals surface area contributed by atoms with Gasteiger partial charge in [0.2, 0.25) is 5.43 Å². The van der Waals surface area contributed by atoms with Gasteiger partial charge in [0.1, 0.15) is 5.69 Å². The first kappa shape index (κ1) is 10.2. The van der Waals surface area contributed by atoms with Gasteiger partial charge in [0, 0.05) is 12.4 Å². The number of nitrogens with zero attached hydrogens (tertiary/aromatic N) is 2. The Kier molecular flexibility index (Phi) is 2.32. The first-order valence-corrected chi connectivity index (χ1v) is 4.42. The lowest BCUT2D eigenvalue weighted by Gasteiger charge is -2.02. The quantitative estimate of drug-likeness (QED) is 0.655. The minimum atomic E-state index is -0.605. The monoisotopic (exact) mass is 220 g/mol. The van der Waals surface area contributed by atoms with Gasteiger partial charge in [-0.25, -0.2) is 9.78 Å². The molecule has 2 aromatic rings. The van der Waals surface area contributed by atoms with Crippen molar-refractivity contribution in [1.82, 2.24) is 9.38 Å². The second kappa shape index (κ2) is 3.65. The summed E-state index contributed by atoms with van der Waals surface area (Å²) in [4.78, 5) is 26.9. The van der Waals surface area contributed by atoms with E-state index in [-0.39, 0.29) is 16.6 Å². The van der Waals surface area contributed by atoms with Crippen LogP contribution < -0.4 is 10.6 Å². The Hall–Kier alpha value is -2.37. The molecule has 0 aliphatic rings. The number of imidazole rings is 1. The number of rotatable bonds is 1. The van der Waals surface area contributed by atoms with Crippen molar-refractivity contribution in [2.24, 2.45) is 0 Å². The molecule has 0 saturated heterocycles. The molecule has 0 radical (unpaired) electrons. The van der Waals surface area contributed by atoms with Crippen molar-refractivity contribution < 1.29 is 14.6 Å². The standard InChI is InChI=1S/C10H8N2O4/c1-16-10(15)7-4-6(5-13)8(14)9-11-2-3-12(7)9/h2-5,13H,1H3/b6-5+. The molecule has 2 rings (SSSR count). The smallest absolute Gasteiger partial charge is 0.355 e. The van der Waals surface area contributed by atoms with Crippen LogP contribution in [-0.2, 0) is 4.74 Å². The van der Waals surface area contributed by atoms with Crippen LogP contribution in [-0.4, -0.2) is 27.6 Å². The fourth-order valence-electron chi connectivity index (χ4n) is 1.44. The first-order chi connectivity index (χ1) is 7.69. The lowest BCUT2D eigenvalue weighted by atomic mass is 10.3. The van der Waals surface area contributed by atoms with Crippen LogP contribution in [0.5, 0.6) is 0 Å². The maximum absolute atomic E-state index is 11.7. The van der Waals surface area contributed by atoms with Crippen LogP contribution >= 0.6 is 0 Å². The van der Waals surface area contributed by atoms with E-state index in [2.05, 4.69) is 9.72 Å². The number of aliphatic hydroxyl groups is 1. The number of pyridine rings is 1. The zero-order valence-corrected chi connectivity index (χ0v) is 8.38. The third-order valence-corrected chi connectivity index (χ3v) is 2.19. The molecular weight excluding hydrogens is 212 g/mol. The normalized spacial score (nSPS) is 11.9. The Bertz CT molecular complexity index is 659. The van der Waals surface area contributed by atoms with Crippen LogP contribution in [0, 0.1) is 0 Å². The molecule has 0 saturated carbocycles. The van der Waals surface area contributed by atoms with Gasteiger partial charge in [0.15, 0.2) is 5.65 Å². The van der Waals surface area contributed by atoms with E-state index in [0.717, 1.165) is 0 Å². The molecule has 0 aromatic carbocycles. The van der Waals surface area contributed by atoms with E-state index in [1.54, 1.807) is 0 Å². The maximum atomic E-state index is 11.7. The second-order valence-electron chi connectivity index (χ2n) is 3.06. The number of aromatic nitrogens is 2.